The number of aliphatic hydroxyl groups excluding tert-OH is 1. The highest BCUT2D eigenvalue weighted by Crippen LogP contribution is 2.17. The van der Waals surface area contributed by atoms with Gasteiger partial charge in [-0.3, -0.25) is 0 Å². The number of thiazole rings is 1. The Balaban J connectivity index is 2.62. The fourth-order valence-corrected chi connectivity index (χ4v) is 1.41. The second kappa shape index (κ2) is 3.69. The van der Waals surface area contributed by atoms with Crippen LogP contribution in [0.4, 0.5) is 5.13 Å². The molecule has 1 heterocycles. The molecule has 1 unspecified atom stereocenters. The van der Waals surface area contributed by atoms with E-state index in [2.05, 4.69) is 4.98 Å². The molecule has 0 fully saturated rings. The lowest BCUT2D eigenvalue weighted by Gasteiger charge is -2.21. The quantitative estimate of drug-likeness (QED) is 0.737. The first-order chi connectivity index (χ1) is 5.25. The first-order valence-corrected chi connectivity index (χ1v) is 4.37. The van der Waals surface area contributed by atoms with E-state index >= 15 is 0 Å². The van der Waals surface area contributed by atoms with E-state index in [0.717, 1.165) is 5.13 Å². The van der Waals surface area contributed by atoms with Gasteiger partial charge in [-0.15, -0.1) is 11.3 Å². The van der Waals surface area contributed by atoms with Gasteiger partial charge in [-0.1, -0.05) is 0 Å². The molecular formula is C7H12N2OS. The zero-order chi connectivity index (χ0) is 8.27. The average molecular weight is 172 g/mol. The molecule has 1 rings (SSSR count). The third kappa shape index (κ3) is 1.91. The number of hydrogen-bond donors (Lipinski definition) is 1. The molecule has 0 saturated carbocycles. The highest BCUT2D eigenvalue weighted by Gasteiger charge is 2.09. The lowest BCUT2D eigenvalue weighted by molar-refractivity contribution is 0.270. The Bertz CT molecular complexity index is 200. The molecule has 4 heteroatoms. The molecular weight excluding hydrogens is 160 g/mol. The van der Waals surface area contributed by atoms with Gasteiger partial charge < -0.3 is 10.0 Å². The molecule has 0 bridgehead atoms. The van der Waals surface area contributed by atoms with Crippen molar-refractivity contribution in [3.8, 4) is 0 Å². The SMILES string of the molecule is CC(CO)N(C)c1nccs1. The van der Waals surface area contributed by atoms with Gasteiger partial charge in [0, 0.05) is 18.6 Å². The van der Waals surface area contributed by atoms with Crippen molar-refractivity contribution in [3.63, 3.8) is 0 Å². The maximum Gasteiger partial charge on any atom is 0.185 e. The maximum absolute atomic E-state index is 8.84. The van der Waals surface area contributed by atoms with Crippen LogP contribution >= 0.6 is 11.3 Å². The van der Waals surface area contributed by atoms with E-state index in [1.54, 1.807) is 17.5 Å². The van der Waals surface area contributed by atoms with Gasteiger partial charge >= 0.3 is 0 Å². The number of aromatic nitrogens is 1. The molecule has 0 aliphatic rings. The topological polar surface area (TPSA) is 36.4 Å². The van der Waals surface area contributed by atoms with Crippen LogP contribution in [-0.4, -0.2) is 29.8 Å². The third-order valence-electron chi connectivity index (χ3n) is 1.65. The Morgan fingerprint density at radius 1 is 1.82 bits per heavy atom. The smallest absolute Gasteiger partial charge is 0.185 e. The van der Waals surface area contributed by atoms with Gasteiger partial charge in [0.15, 0.2) is 5.13 Å². The Morgan fingerprint density at radius 3 is 3.00 bits per heavy atom. The van der Waals surface area contributed by atoms with Gasteiger partial charge in [0.1, 0.15) is 0 Å². The van der Waals surface area contributed by atoms with Gasteiger partial charge in [-0.25, -0.2) is 4.98 Å². The molecule has 0 aliphatic carbocycles. The summed E-state index contributed by atoms with van der Waals surface area (Å²) in [6.07, 6.45) is 1.76. The van der Waals surface area contributed by atoms with Crippen LogP contribution in [0, 0.1) is 0 Å². The van der Waals surface area contributed by atoms with E-state index in [0.29, 0.717) is 0 Å². The van der Waals surface area contributed by atoms with Crippen molar-refractivity contribution >= 4 is 16.5 Å². The molecule has 0 amide bonds. The second-order valence-corrected chi connectivity index (χ2v) is 3.33. The Labute approximate surface area is 70.3 Å². The van der Waals surface area contributed by atoms with Gasteiger partial charge in [0.2, 0.25) is 0 Å². The molecule has 0 spiro atoms. The van der Waals surface area contributed by atoms with Crippen molar-refractivity contribution in [2.45, 2.75) is 13.0 Å². The van der Waals surface area contributed by atoms with Crippen molar-refractivity contribution in [1.29, 1.82) is 0 Å². The zero-order valence-corrected chi connectivity index (χ0v) is 7.51. The van der Waals surface area contributed by atoms with Crippen LogP contribution in [-0.2, 0) is 0 Å². The molecule has 1 aromatic rings. The van der Waals surface area contributed by atoms with Crippen LogP contribution in [0.2, 0.25) is 0 Å². The molecule has 1 N–H and O–H groups in total. The largest absolute Gasteiger partial charge is 0.394 e. The molecule has 11 heavy (non-hydrogen) atoms. The number of anilines is 1. The Morgan fingerprint density at radius 2 is 2.55 bits per heavy atom. The molecule has 0 aromatic carbocycles. The van der Waals surface area contributed by atoms with Crippen LogP contribution in [0.3, 0.4) is 0 Å². The minimum absolute atomic E-state index is 0.140. The van der Waals surface area contributed by atoms with E-state index < -0.39 is 0 Å². The normalized spacial score (nSPS) is 13.0. The van der Waals surface area contributed by atoms with Crippen molar-refractivity contribution in [2.75, 3.05) is 18.6 Å². The highest BCUT2D eigenvalue weighted by molar-refractivity contribution is 7.13. The number of rotatable bonds is 3. The van der Waals surface area contributed by atoms with Gasteiger partial charge in [0.05, 0.1) is 12.6 Å². The fraction of sp³-hybridized carbons (Fsp3) is 0.571. The lowest BCUT2D eigenvalue weighted by atomic mass is 10.3. The van der Waals surface area contributed by atoms with Crippen LogP contribution in [0.5, 0.6) is 0 Å². The monoisotopic (exact) mass is 172 g/mol. The van der Waals surface area contributed by atoms with Crippen LogP contribution in [0.25, 0.3) is 0 Å². The second-order valence-electron chi connectivity index (χ2n) is 2.46. The summed E-state index contributed by atoms with van der Waals surface area (Å²) in [5, 5.41) is 11.7. The van der Waals surface area contributed by atoms with Crippen LogP contribution < -0.4 is 4.90 Å². The summed E-state index contributed by atoms with van der Waals surface area (Å²) >= 11 is 1.58. The van der Waals surface area contributed by atoms with E-state index in [9.17, 15) is 0 Å². The number of aliphatic hydroxyl groups is 1. The fourth-order valence-electron chi connectivity index (χ4n) is 0.701. The third-order valence-corrected chi connectivity index (χ3v) is 2.51. The van der Waals surface area contributed by atoms with Gasteiger partial charge in [-0.2, -0.15) is 0 Å². The summed E-state index contributed by atoms with van der Waals surface area (Å²) in [4.78, 5) is 6.08. The zero-order valence-electron chi connectivity index (χ0n) is 6.69. The molecule has 1 atom stereocenters. The van der Waals surface area contributed by atoms with E-state index in [-0.39, 0.29) is 12.6 Å². The molecule has 3 nitrogen and oxygen atoms in total. The first-order valence-electron chi connectivity index (χ1n) is 3.49. The Kier molecular flexibility index (Phi) is 2.84. The summed E-state index contributed by atoms with van der Waals surface area (Å²) in [5.41, 5.74) is 0. The predicted octanol–water partition coefficient (Wildman–Crippen LogP) is 0.960. The number of hydrogen-bond acceptors (Lipinski definition) is 4. The summed E-state index contributed by atoms with van der Waals surface area (Å²) in [5.74, 6) is 0. The summed E-state index contributed by atoms with van der Waals surface area (Å²) in [6, 6.07) is 0.140. The van der Waals surface area contributed by atoms with Crippen molar-refractivity contribution in [1.82, 2.24) is 4.98 Å². The van der Waals surface area contributed by atoms with Crippen molar-refractivity contribution in [2.24, 2.45) is 0 Å². The molecule has 0 aliphatic heterocycles. The van der Waals surface area contributed by atoms with E-state index in [1.165, 1.54) is 0 Å². The predicted molar refractivity (Wildman–Crippen MR) is 47.1 cm³/mol. The molecule has 1 aromatic heterocycles. The minimum atomic E-state index is 0.140. The van der Waals surface area contributed by atoms with Crippen molar-refractivity contribution in [3.05, 3.63) is 11.6 Å². The first kappa shape index (κ1) is 8.49. The molecule has 0 saturated heterocycles. The summed E-state index contributed by atoms with van der Waals surface area (Å²) in [6.45, 7) is 2.12. The van der Waals surface area contributed by atoms with Crippen LogP contribution in [0.1, 0.15) is 6.92 Å². The maximum atomic E-state index is 8.84. The van der Waals surface area contributed by atoms with Gasteiger partial charge in [-0.05, 0) is 6.92 Å². The lowest BCUT2D eigenvalue weighted by Crippen LogP contribution is -2.31. The Hall–Kier alpha value is -0.610. The number of nitrogens with zero attached hydrogens (tertiary/aromatic N) is 2. The molecule has 62 valence electrons. The van der Waals surface area contributed by atoms with Gasteiger partial charge in [0.25, 0.3) is 0 Å². The van der Waals surface area contributed by atoms with E-state index in [4.69, 9.17) is 5.11 Å². The minimum Gasteiger partial charge on any atom is -0.394 e. The molecule has 0 radical (unpaired) electrons. The summed E-state index contributed by atoms with van der Waals surface area (Å²) < 4.78 is 0. The average Bonchev–Trinajstić information content (AvgIpc) is 2.53. The standard InChI is InChI=1S/C7H12N2OS/c1-6(5-10)9(2)7-8-3-4-11-7/h3-4,6,10H,5H2,1-2H3. The van der Waals surface area contributed by atoms with Crippen LogP contribution in [0.15, 0.2) is 11.6 Å². The number of likely N-dealkylation sites (N-methyl/N-ethyl adjacent to an activating group) is 1. The highest BCUT2D eigenvalue weighted by atomic mass is 32.1. The van der Waals surface area contributed by atoms with Crippen molar-refractivity contribution < 1.29 is 5.11 Å². The summed E-state index contributed by atoms with van der Waals surface area (Å²) in [7, 11) is 1.93. The van der Waals surface area contributed by atoms with E-state index in [1.807, 2.05) is 24.3 Å².